The van der Waals surface area contributed by atoms with Gasteiger partial charge in [0.1, 0.15) is 0 Å². The largest absolute Gasteiger partial charge is 0.273 e. The van der Waals surface area contributed by atoms with Crippen molar-refractivity contribution >= 4 is 45.8 Å². The van der Waals surface area contributed by atoms with Gasteiger partial charge in [0.05, 0.1) is 11.4 Å². The first kappa shape index (κ1) is 17.5. The fourth-order valence-electron chi connectivity index (χ4n) is 3.58. The van der Waals surface area contributed by atoms with E-state index in [0.717, 1.165) is 24.2 Å². The Morgan fingerprint density at radius 3 is 2.62 bits per heavy atom. The Balaban J connectivity index is 1.84. The molecule has 0 bridgehead atoms. The zero-order valence-electron chi connectivity index (χ0n) is 14.3. The SMILES string of the molecule is C[C@@H]1C/C(=N\N=C2\SCC(=O)N2c2ccc(Cl)cc2)CC(C)(C)C1. The van der Waals surface area contributed by atoms with E-state index < -0.39 is 0 Å². The summed E-state index contributed by atoms with van der Waals surface area (Å²) in [5, 5.41) is 10.2. The monoisotopic (exact) mass is 363 g/mol. The second kappa shape index (κ2) is 6.89. The Morgan fingerprint density at radius 1 is 1.25 bits per heavy atom. The van der Waals surface area contributed by atoms with E-state index in [1.54, 1.807) is 17.0 Å². The average molecular weight is 364 g/mol. The molecule has 1 atom stereocenters. The van der Waals surface area contributed by atoms with Crippen molar-refractivity contribution in [1.82, 2.24) is 0 Å². The van der Waals surface area contributed by atoms with Gasteiger partial charge in [-0.05, 0) is 54.9 Å². The van der Waals surface area contributed by atoms with E-state index in [0.29, 0.717) is 21.9 Å². The van der Waals surface area contributed by atoms with Gasteiger partial charge in [-0.1, -0.05) is 44.1 Å². The van der Waals surface area contributed by atoms with Crippen LogP contribution < -0.4 is 4.90 Å². The molecule has 0 unspecified atom stereocenters. The van der Waals surface area contributed by atoms with Crippen molar-refractivity contribution in [2.75, 3.05) is 10.7 Å². The van der Waals surface area contributed by atoms with Gasteiger partial charge in [-0.2, -0.15) is 5.10 Å². The lowest BCUT2D eigenvalue weighted by Gasteiger charge is -2.34. The number of halogens is 1. The number of benzene rings is 1. The van der Waals surface area contributed by atoms with Crippen LogP contribution in [0.3, 0.4) is 0 Å². The molecule has 1 aliphatic carbocycles. The van der Waals surface area contributed by atoms with Crippen molar-refractivity contribution in [2.45, 2.75) is 40.0 Å². The molecule has 1 saturated carbocycles. The van der Waals surface area contributed by atoms with Gasteiger partial charge in [-0.3, -0.25) is 9.69 Å². The van der Waals surface area contributed by atoms with Gasteiger partial charge in [-0.25, -0.2) is 0 Å². The summed E-state index contributed by atoms with van der Waals surface area (Å²) in [6.07, 6.45) is 3.17. The van der Waals surface area contributed by atoms with Crippen molar-refractivity contribution in [3.8, 4) is 0 Å². The third-order valence-corrected chi connectivity index (χ3v) is 5.46. The summed E-state index contributed by atoms with van der Waals surface area (Å²) in [5.41, 5.74) is 2.18. The molecule has 6 heteroatoms. The molecule has 2 aliphatic rings. The molecule has 1 aromatic rings. The quantitative estimate of drug-likeness (QED) is 0.695. The van der Waals surface area contributed by atoms with E-state index in [2.05, 4.69) is 31.0 Å². The second-order valence-electron chi connectivity index (χ2n) is 7.40. The number of thioether (sulfide) groups is 1. The summed E-state index contributed by atoms with van der Waals surface area (Å²) < 4.78 is 0. The second-order valence-corrected chi connectivity index (χ2v) is 8.78. The van der Waals surface area contributed by atoms with Crippen LogP contribution in [0.2, 0.25) is 5.02 Å². The highest BCUT2D eigenvalue weighted by atomic mass is 35.5. The Hall–Kier alpha value is -1.33. The van der Waals surface area contributed by atoms with Gasteiger partial charge in [-0.15, -0.1) is 5.10 Å². The molecular weight excluding hydrogens is 342 g/mol. The number of nitrogens with zero attached hydrogens (tertiary/aromatic N) is 3. The van der Waals surface area contributed by atoms with Crippen LogP contribution in [-0.2, 0) is 4.79 Å². The summed E-state index contributed by atoms with van der Waals surface area (Å²) in [6.45, 7) is 6.82. The number of rotatable bonds is 2. The maximum absolute atomic E-state index is 12.2. The lowest BCUT2D eigenvalue weighted by molar-refractivity contribution is -0.115. The predicted octanol–water partition coefficient (Wildman–Crippen LogP) is 4.98. The maximum atomic E-state index is 12.2. The molecule has 3 rings (SSSR count). The van der Waals surface area contributed by atoms with Crippen molar-refractivity contribution in [2.24, 2.45) is 21.5 Å². The third-order valence-electron chi connectivity index (χ3n) is 4.29. The average Bonchev–Trinajstić information content (AvgIpc) is 2.85. The first-order valence-corrected chi connectivity index (χ1v) is 9.55. The Bertz CT molecular complexity index is 697. The lowest BCUT2D eigenvalue weighted by atomic mass is 9.72. The number of amidine groups is 1. The Kier molecular flexibility index (Phi) is 5.02. The van der Waals surface area contributed by atoms with E-state index in [1.807, 2.05) is 12.1 Å². The molecule has 1 aromatic carbocycles. The van der Waals surface area contributed by atoms with Crippen molar-refractivity contribution in [3.63, 3.8) is 0 Å². The fraction of sp³-hybridized carbons (Fsp3) is 0.500. The van der Waals surface area contributed by atoms with Crippen molar-refractivity contribution in [1.29, 1.82) is 0 Å². The van der Waals surface area contributed by atoms with Crippen LogP contribution in [0.4, 0.5) is 5.69 Å². The smallest absolute Gasteiger partial charge is 0.243 e. The highest BCUT2D eigenvalue weighted by molar-refractivity contribution is 8.15. The molecule has 0 spiro atoms. The summed E-state index contributed by atoms with van der Waals surface area (Å²) in [7, 11) is 0. The van der Waals surface area contributed by atoms with E-state index in [1.165, 1.54) is 18.2 Å². The topological polar surface area (TPSA) is 45.0 Å². The minimum Gasteiger partial charge on any atom is -0.273 e. The van der Waals surface area contributed by atoms with E-state index >= 15 is 0 Å². The van der Waals surface area contributed by atoms with E-state index in [-0.39, 0.29) is 11.3 Å². The van der Waals surface area contributed by atoms with Crippen LogP contribution in [0.5, 0.6) is 0 Å². The first-order valence-electron chi connectivity index (χ1n) is 8.19. The molecule has 2 fully saturated rings. The molecule has 0 radical (unpaired) electrons. The summed E-state index contributed by atoms with van der Waals surface area (Å²) in [6, 6.07) is 7.23. The molecule has 1 aliphatic heterocycles. The minimum absolute atomic E-state index is 0.0265. The standard InChI is InChI=1S/C18H22ClN3OS/c1-12-8-14(10-18(2,3)9-12)20-21-17-22(16(23)11-24-17)15-6-4-13(19)5-7-15/h4-7,12H,8-11H2,1-3H3/b20-14+,21-17+/t12-/m1/s1. The van der Waals surface area contributed by atoms with Crippen LogP contribution in [0.1, 0.15) is 40.0 Å². The highest BCUT2D eigenvalue weighted by Crippen LogP contribution is 2.37. The summed E-state index contributed by atoms with van der Waals surface area (Å²) in [5.74, 6) is 1.05. The third kappa shape index (κ3) is 4.01. The van der Waals surface area contributed by atoms with Gasteiger partial charge in [0.2, 0.25) is 5.91 Å². The maximum Gasteiger partial charge on any atom is 0.243 e. The molecule has 0 aromatic heterocycles. The van der Waals surface area contributed by atoms with Crippen LogP contribution in [-0.4, -0.2) is 22.5 Å². The van der Waals surface area contributed by atoms with Gasteiger partial charge < -0.3 is 0 Å². The minimum atomic E-state index is 0.0265. The fourth-order valence-corrected chi connectivity index (χ4v) is 4.53. The predicted molar refractivity (Wildman–Crippen MR) is 103 cm³/mol. The van der Waals surface area contributed by atoms with E-state index in [9.17, 15) is 4.79 Å². The van der Waals surface area contributed by atoms with Crippen LogP contribution in [0.15, 0.2) is 34.5 Å². The molecule has 1 saturated heterocycles. The van der Waals surface area contributed by atoms with Crippen LogP contribution in [0, 0.1) is 11.3 Å². The number of amides is 1. The lowest BCUT2D eigenvalue weighted by Crippen LogP contribution is -2.29. The Labute approximate surface area is 152 Å². The van der Waals surface area contributed by atoms with Crippen LogP contribution >= 0.6 is 23.4 Å². The first-order chi connectivity index (χ1) is 11.3. The molecule has 128 valence electrons. The number of hydrogen-bond acceptors (Lipinski definition) is 4. The van der Waals surface area contributed by atoms with Crippen molar-refractivity contribution < 1.29 is 4.79 Å². The number of anilines is 1. The van der Waals surface area contributed by atoms with Gasteiger partial charge in [0.25, 0.3) is 0 Å². The van der Waals surface area contributed by atoms with Crippen LogP contribution in [0.25, 0.3) is 0 Å². The number of hydrogen-bond donors (Lipinski definition) is 0. The van der Waals surface area contributed by atoms with Gasteiger partial charge >= 0.3 is 0 Å². The number of carbonyl (C=O) groups excluding carboxylic acids is 1. The zero-order valence-corrected chi connectivity index (χ0v) is 15.8. The zero-order chi connectivity index (χ0) is 17.3. The molecule has 1 heterocycles. The van der Waals surface area contributed by atoms with Crippen molar-refractivity contribution in [3.05, 3.63) is 29.3 Å². The number of carbonyl (C=O) groups is 1. The Morgan fingerprint density at radius 2 is 1.96 bits per heavy atom. The molecular formula is C18H22ClN3OS. The molecule has 4 nitrogen and oxygen atoms in total. The summed E-state index contributed by atoms with van der Waals surface area (Å²) in [4.78, 5) is 13.8. The molecule has 1 amide bonds. The van der Waals surface area contributed by atoms with E-state index in [4.69, 9.17) is 11.6 Å². The normalized spacial score (nSPS) is 27.2. The summed E-state index contributed by atoms with van der Waals surface area (Å²) >= 11 is 7.37. The molecule has 24 heavy (non-hydrogen) atoms. The van der Waals surface area contributed by atoms with Gasteiger partial charge in [0.15, 0.2) is 5.17 Å². The highest BCUT2D eigenvalue weighted by Gasteiger charge is 2.31. The molecule has 0 N–H and O–H groups in total. The van der Waals surface area contributed by atoms with Gasteiger partial charge in [0, 0.05) is 10.7 Å².